The largest absolute Gasteiger partial charge is 0.351 e. The minimum atomic E-state index is -0.719. The molecule has 3 N–H and O–H groups in total. The van der Waals surface area contributed by atoms with Gasteiger partial charge in [-0.25, -0.2) is 4.79 Å². The van der Waals surface area contributed by atoms with E-state index in [9.17, 15) is 9.59 Å². The normalized spacial score (nSPS) is 16.9. The van der Waals surface area contributed by atoms with E-state index in [0.29, 0.717) is 16.5 Å². The molecule has 1 atom stereocenters. The molecule has 0 spiro atoms. The van der Waals surface area contributed by atoms with Crippen LogP contribution in [0.4, 0.5) is 16.2 Å². The highest BCUT2D eigenvalue weighted by molar-refractivity contribution is 7.99. The Hall–Kier alpha value is -2.18. The average molecular weight is 348 g/mol. The summed E-state index contributed by atoms with van der Waals surface area (Å²) in [6, 6.07) is 12.8. The topological polar surface area (TPSA) is 75.4 Å². The van der Waals surface area contributed by atoms with E-state index < -0.39 is 12.1 Å². The molecule has 3 amide bonds. The first kappa shape index (κ1) is 15.7. The van der Waals surface area contributed by atoms with Crippen LogP contribution < -0.4 is 16.0 Å². The summed E-state index contributed by atoms with van der Waals surface area (Å²) < 4.78 is 0. The molecule has 1 aliphatic heterocycles. The second-order valence-corrected chi connectivity index (χ2v) is 6.50. The third kappa shape index (κ3) is 3.28. The van der Waals surface area contributed by atoms with Crippen molar-refractivity contribution in [2.75, 3.05) is 16.0 Å². The lowest BCUT2D eigenvalue weighted by molar-refractivity contribution is -0.116. The average Bonchev–Trinajstić information content (AvgIpc) is 2.67. The molecule has 1 aliphatic rings. The molecule has 118 valence electrons. The van der Waals surface area contributed by atoms with Gasteiger partial charge < -0.3 is 11.1 Å². The lowest BCUT2D eigenvalue weighted by Crippen LogP contribution is -2.51. The highest BCUT2D eigenvalue weighted by Gasteiger charge is 2.32. The minimum Gasteiger partial charge on any atom is -0.351 e. The standard InChI is InChI=1S/C16H14ClN3O2S/c17-10-4-3-5-11(8-10)20(16(18)22)13-9-23-14-7-2-1-6-12(14)19-15(13)21/h1-8,13H,9H2,(H2,18,22)(H,19,21)/t13-/m1/s1. The van der Waals surface area contributed by atoms with Crippen LogP contribution in [0, 0.1) is 0 Å². The number of nitrogens with two attached hydrogens (primary N) is 1. The number of thioether (sulfide) groups is 1. The van der Waals surface area contributed by atoms with Crippen molar-refractivity contribution >= 4 is 46.7 Å². The van der Waals surface area contributed by atoms with E-state index in [0.717, 1.165) is 10.6 Å². The van der Waals surface area contributed by atoms with Gasteiger partial charge in [-0.2, -0.15) is 0 Å². The lowest BCUT2D eigenvalue weighted by atomic mass is 10.2. The molecule has 7 heteroatoms. The van der Waals surface area contributed by atoms with Crippen molar-refractivity contribution in [1.82, 2.24) is 0 Å². The maximum Gasteiger partial charge on any atom is 0.320 e. The number of benzene rings is 2. The summed E-state index contributed by atoms with van der Waals surface area (Å²) in [5.41, 5.74) is 6.76. The zero-order valence-corrected chi connectivity index (χ0v) is 13.6. The third-order valence-corrected chi connectivity index (χ3v) is 4.86. The Labute approximate surface area is 142 Å². The van der Waals surface area contributed by atoms with Crippen LogP contribution in [-0.4, -0.2) is 23.7 Å². The Morgan fingerprint density at radius 3 is 2.78 bits per heavy atom. The molecule has 0 saturated heterocycles. The van der Waals surface area contributed by atoms with Crippen molar-refractivity contribution < 1.29 is 9.59 Å². The van der Waals surface area contributed by atoms with Crippen LogP contribution in [0.25, 0.3) is 0 Å². The molecule has 1 heterocycles. The Balaban J connectivity index is 1.95. The minimum absolute atomic E-state index is 0.277. The molecule has 0 aliphatic carbocycles. The highest BCUT2D eigenvalue weighted by atomic mass is 35.5. The van der Waals surface area contributed by atoms with E-state index in [1.165, 1.54) is 16.7 Å². The number of hydrogen-bond donors (Lipinski definition) is 2. The summed E-state index contributed by atoms with van der Waals surface area (Å²) in [6.07, 6.45) is 0. The molecule has 0 saturated carbocycles. The molecule has 3 rings (SSSR count). The van der Waals surface area contributed by atoms with Gasteiger partial charge in [-0.15, -0.1) is 11.8 Å². The quantitative estimate of drug-likeness (QED) is 0.874. The Morgan fingerprint density at radius 1 is 1.26 bits per heavy atom. The Bertz CT molecular complexity index is 768. The van der Waals surface area contributed by atoms with Crippen molar-refractivity contribution in [3.63, 3.8) is 0 Å². The molecule has 0 radical (unpaired) electrons. The van der Waals surface area contributed by atoms with Gasteiger partial charge >= 0.3 is 6.03 Å². The number of urea groups is 1. The SMILES string of the molecule is NC(=O)N(c1cccc(Cl)c1)[C@@H]1CSc2ccccc2NC1=O. The fraction of sp³-hybridized carbons (Fsp3) is 0.125. The Morgan fingerprint density at radius 2 is 2.04 bits per heavy atom. The number of nitrogens with one attached hydrogen (secondary N) is 1. The van der Waals surface area contributed by atoms with Crippen molar-refractivity contribution in [2.45, 2.75) is 10.9 Å². The number of primary amides is 1. The van der Waals surface area contributed by atoms with Crippen molar-refractivity contribution in [3.8, 4) is 0 Å². The highest BCUT2D eigenvalue weighted by Crippen LogP contribution is 2.33. The number of anilines is 2. The van der Waals surface area contributed by atoms with Crippen LogP contribution in [0.5, 0.6) is 0 Å². The number of fused-ring (bicyclic) bond motifs is 1. The zero-order valence-electron chi connectivity index (χ0n) is 12.0. The summed E-state index contributed by atoms with van der Waals surface area (Å²) in [4.78, 5) is 26.8. The fourth-order valence-electron chi connectivity index (χ4n) is 2.43. The van der Waals surface area contributed by atoms with E-state index in [1.54, 1.807) is 24.3 Å². The van der Waals surface area contributed by atoms with Gasteiger partial charge in [0.05, 0.1) is 5.69 Å². The van der Waals surface area contributed by atoms with Gasteiger partial charge in [-0.05, 0) is 30.3 Å². The van der Waals surface area contributed by atoms with Crippen LogP contribution in [0.1, 0.15) is 0 Å². The smallest absolute Gasteiger partial charge is 0.320 e. The van der Waals surface area contributed by atoms with Crippen molar-refractivity contribution in [1.29, 1.82) is 0 Å². The van der Waals surface area contributed by atoms with E-state index in [-0.39, 0.29) is 5.91 Å². The maximum absolute atomic E-state index is 12.6. The first-order chi connectivity index (χ1) is 11.1. The lowest BCUT2D eigenvalue weighted by Gasteiger charge is -2.28. The van der Waals surface area contributed by atoms with Crippen molar-refractivity contribution in [2.24, 2.45) is 5.73 Å². The predicted molar refractivity (Wildman–Crippen MR) is 93.1 cm³/mol. The summed E-state index contributed by atoms with van der Waals surface area (Å²) in [5.74, 6) is 0.124. The summed E-state index contributed by atoms with van der Waals surface area (Å²) in [7, 11) is 0. The molecule has 5 nitrogen and oxygen atoms in total. The monoisotopic (exact) mass is 347 g/mol. The van der Waals surface area contributed by atoms with Gasteiger partial charge in [0.1, 0.15) is 6.04 Å². The van der Waals surface area contributed by atoms with Crippen LogP contribution >= 0.6 is 23.4 Å². The van der Waals surface area contributed by atoms with Gasteiger partial charge in [0.2, 0.25) is 5.91 Å². The van der Waals surface area contributed by atoms with E-state index >= 15 is 0 Å². The zero-order chi connectivity index (χ0) is 16.4. The van der Waals surface area contributed by atoms with Gasteiger partial charge in [0.25, 0.3) is 0 Å². The summed E-state index contributed by atoms with van der Waals surface area (Å²) in [5, 5.41) is 3.32. The second-order valence-electron chi connectivity index (χ2n) is 5.00. The van der Waals surface area contributed by atoms with E-state index in [4.69, 9.17) is 17.3 Å². The van der Waals surface area contributed by atoms with Crippen LogP contribution in [0.2, 0.25) is 5.02 Å². The molecule has 0 aromatic heterocycles. The van der Waals surface area contributed by atoms with Crippen LogP contribution in [0.15, 0.2) is 53.4 Å². The van der Waals surface area contributed by atoms with Gasteiger partial charge in [0.15, 0.2) is 0 Å². The summed E-state index contributed by atoms with van der Waals surface area (Å²) >= 11 is 7.49. The van der Waals surface area contributed by atoms with Gasteiger partial charge in [0, 0.05) is 21.4 Å². The van der Waals surface area contributed by atoms with Gasteiger partial charge in [-0.3, -0.25) is 9.69 Å². The molecule has 2 aromatic rings. The van der Waals surface area contributed by atoms with E-state index in [2.05, 4.69) is 5.32 Å². The number of nitrogens with zero attached hydrogens (tertiary/aromatic N) is 1. The van der Waals surface area contributed by atoms with Crippen LogP contribution in [0.3, 0.4) is 0 Å². The predicted octanol–water partition coefficient (Wildman–Crippen LogP) is 3.34. The number of carbonyl (C=O) groups is 2. The number of carbonyl (C=O) groups excluding carboxylic acids is 2. The maximum atomic E-state index is 12.6. The molecule has 2 aromatic carbocycles. The number of hydrogen-bond acceptors (Lipinski definition) is 3. The fourth-order valence-corrected chi connectivity index (χ4v) is 3.71. The second kappa shape index (κ2) is 6.52. The third-order valence-electron chi connectivity index (χ3n) is 3.48. The molecular weight excluding hydrogens is 334 g/mol. The molecule has 23 heavy (non-hydrogen) atoms. The number of amides is 3. The number of para-hydroxylation sites is 1. The van der Waals surface area contributed by atoms with Crippen LogP contribution in [-0.2, 0) is 4.79 Å². The van der Waals surface area contributed by atoms with E-state index in [1.807, 2.05) is 24.3 Å². The Kier molecular flexibility index (Phi) is 4.45. The number of rotatable bonds is 2. The molecule has 0 fully saturated rings. The number of halogens is 1. The first-order valence-corrected chi connectivity index (χ1v) is 8.29. The summed E-state index contributed by atoms with van der Waals surface area (Å²) in [6.45, 7) is 0. The molecule has 0 bridgehead atoms. The molecular formula is C16H14ClN3O2S. The molecule has 0 unspecified atom stereocenters. The first-order valence-electron chi connectivity index (χ1n) is 6.93. The van der Waals surface area contributed by atoms with Gasteiger partial charge in [-0.1, -0.05) is 29.8 Å². The van der Waals surface area contributed by atoms with Crippen molar-refractivity contribution in [3.05, 3.63) is 53.6 Å².